The number of carbonyl (C=O) groups excluding carboxylic acids is 3. The molecule has 0 aliphatic carbocycles. The van der Waals surface area contributed by atoms with Gasteiger partial charge in [-0.05, 0) is 31.5 Å². The van der Waals surface area contributed by atoms with Gasteiger partial charge in [-0.15, -0.1) is 0 Å². The van der Waals surface area contributed by atoms with E-state index in [0.717, 1.165) is 6.07 Å². The van der Waals surface area contributed by atoms with Gasteiger partial charge in [-0.2, -0.15) is 0 Å². The van der Waals surface area contributed by atoms with Gasteiger partial charge in [0.15, 0.2) is 18.2 Å². The van der Waals surface area contributed by atoms with Crippen LogP contribution in [0.15, 0.2) is 18.2 Å². The minimum atomic E-state index is -0.895. The number of halogens is 1. The van der Waals surface area contributed by atoms with Gasteiger partial charge >= 0.3 is 12.0 Å². The maximum atomic E-state index is 13.5. The minimum Gasteiger partial charge on any atom is -0.494 e. The fourth-order valence-corrected chi connectivity index (χ4v) is 1.74. The Morgan fingerprint density at radius 1 is 1.24 bits per heavy atom. The van der Waals surface area contributed by atoms with Crippen LogP contribution in [0, 0.1) is 5.82 Å². The third-order valence-corrected chi connectivity index (χ3v) is 2.93. The van der Waals surface area contributed by atoms with Crippen molar-refractivity contribution in [3.8, 4) is 5.75 Å². The molecule has 0 heterocycles. The summed E-state index contributed by atoms with van der Waals surface area (Å²) < 4.78 is 28.0. The zero-order valence-electron chi connectivity index (χ0n) is 14.1. The first-order chi connectivity index (χ1) is 12.0. The molecule has 138 valence electrons. The Morgan fingerprint density at radius 2 is 2.00 bits per heavy atom. The number of imide groups is 1. The van der Waals surface area contributed by atoms with Crippen LogP contribution in [0.3, 0.4) is 0 Å². The summed E-state index contributed by atoms with van der Waals surface area (Å²) in [4.78, 5) is 34.7. The highest BCUT2D eigenvalue weighted by Gasteiger charge is 2.14. The van der Waals surface area contributed by atoms with E-state index in [1.54, 1.807) is 0 Å². The molecule has 0 radical (unpaired) electrons. The van der Waals surface area contributed by atoms with Crippen LogP contribution in [0.25, 0.3) is 0 Å². The molecular weight excluding hydrogens is 335 g/mol. The molecule has 0 aromatic heterocycles. The number of amides is 3. The average Bonchev–Trinajstić information content (AvgIpc) is 2.59. The number of rotatable bonds is 9. The number of methoxy groups -OCH3 is 1. The van der Waals surface area contributed by atoms with Crippen molar-refractivity contribution in [2.24, 2.45) is 0 Å². The van der Waals surface area contributed by atoms with Crippen molar-refractivity contribution in [2.45, 2.75) is 13.3 Å². The molecule has 0 bridgehead atoms. The zero-order chi connectivity index (χ0) is 18.7. The van der Waals surface area contributed by atoms with Crippen LogP contribution in [0.5, 0.6) is 5.75 Å². The zero-order valence-corrected chi connectivity index (χ0v) is 14.1. The number of urea groups is 1. The van der Waals surface area contributed by atoms with Crippen LogP contribution in [0.1, 0.15) is 23.7 Å². The van der Waals surface area contributed by atoms with Crippen LogP contribution in [-0.4, -0.2) is 51.4 Å². The Kier molecular flexibility index (Phi) is 8.94. The van der Waals surface area contributed by atoms with Crippen molar-refractivity contribution in [3.63, 3.8) is 0 Å². The van der Waals surface area contributed by atoms with Gasteiger partial charge in [0, 0.05) is 19.8 Å². The highest BCUT2D eigenvalue weighted by atomic mass is 19.1. The fourth-order valence-electron chi connectivity index (χ4n) is 1.74. The molecule has 0 unspecified atom stereocenters. The lowest BCUT2D eigenvalue weighted by Crippen LogP contribution is -2.41. The monoisotopic (exact) mass is 356 g/mol. The van der Waals surface area contributed by atoms with Crippen LogP contribution in [0.4, 0.5) is 9.18 Å². The minimum absolute atomic E-state index is 0.0182. The maximum absolute atomic E-state index is 13.5. The van der Waals surface area contributed by atoms with Gasteiger partial charge in [-0.1, -0.05) is 0 Å². The summed E-state index contributed by atoms with van der Waals surface area (Å²) in [7, 11) is 1.29. The number of esters is 1. The molecule has 2 N–H and O–H groups in total. The summed E-state index contributed by atoms with van der Waals surface area (Å²) in [5, 5.41) is 4.46. The lowest BCUT2D eigenvalue weighted by Gasteiger charge is -2.08. The van der Waals surface area contributed by atoms with Crippen molar-refractivity contribution < 1.29 is 33.0 Å². The summed E-state index contributed by atoms with van der Waals surface area (Å²) in [6.45, 7) is 2.62. The lowest BCUT2D eigenvalue weighted by atomic mass is 10.2. The van der Waals surface area contributed by atoms with Gasteiger partial charge in [0.1, 0.15) is 0 Å². The number of benzene rings is 1. The van der Waals surface area contributed by atoms with Gasteiger partial charge in [-0.25, -0.2) is 14.0 Å². The van der Waals surface area contributed by atoms with Gasteiger partial charge in [0.25, 0.3) is 5.91 Å². The molecule has 0 saturated carbocycles. The van der Waals surface area contributed by atoms with E-state index >= 15 is 0 Å². The maximum Gasteiger partial charge on any atom is 0.338 e. The molecule has 1 aromatic rings. The molecule has 25 heavy (non-hydrogen) atoms. The van der Waals surface area contributed by atoms with Crippen LogP contribution < -0.4 is 15.4 Å². The van der Waals surface area contributed by atoms with Gasteiger partial charge in [-0.3, -0.25) is 10.1 Å². The first-order valence-electron chi connectivity index (χ1n) is 7.64. The predicted molar refractivity (Wildman–Crippen MR) is 85.9 cm³/mol. The van der Waals surface area contributed by atoms with Crippen molar-refractivity contribution in [1.82, 2.24) is 10.6 Å². The van der Waals surface area contributed by atoms with Crippen molar-refractivity contribution in [3.05, 3.63) is 29.6 Å². The second-order valence-corrected chi connectivity index (χ2v) is 4.78. The SMILES string of the molecule is CCOCCCNC(=O)NC(=O)COC(=O)c1ccc(OC)c(F)c1. The summed E-state index contributed by atoms with van der Waals surface area (Å²) in [6.07, 6.45) is 0.605. The van der Waals surface area contributed by atoms with E-state index in [4.69, 9.17) is 14.2 Å². The van der Waals surface area contributed by atoms with E-state index in [9.17, 15) is 18.8 Å². The van der Waals surface area contributed by atoms with Crippen molar-refractivity contribution in [2.75, 3.05) is 33.5 Å². The lowest BCUT2D eigenvalue weighted by molar-refractivity contribution is -0.123. The molecule has 0 spiro atoms. The fraction of sp³-hybridized carbons (Fsp3) is 0.438. The van der Waals surface area contributed by atoms with E-state index < -0.39 is 30.3 Å². The number of hydrogen-bond acceptors (Lipinski definition) is 6. The molecule has 3 amide bonds. The van der Waals surface area contributed by atoms with E-state index in [-0.39, 0.29) is 11.3 Å². The molecule has 0 aliphatic heterocycles. The molecule has 0 fully saturated rings. The quantitative estimate of drug-likeness (QED) is 0.510. The first-order valence-corrected chi connectivity index (χ1v) is 7.64. The van der Waals surface area contributed by atoms with Crippen molar-refractivity contribution in [1.29, 1.82) is 0 Å². The highest BCUT2D eigenvalue weighted by Crippen LogP contribution is 2.18. The summed E-state index contributed by atoms with van der Waals surface area (Å²) in [6, 6.07) is 2.80. The van der Waals surface area contributed by atoms with Gasteiger partial charge in [0.05, 0.1) is 12.7 Å². The Labute approximate surface area is 144 Å². The van der Waals surface area contributed by atoms with E-state index in [2.05, 4.69) is 5.32 Å². The number of hydrogen-bond donors (Lipinski definition) is 2. The Hall–Kier alpha value is -2.68. The number of nitrogens with one attached hydrogen (secondary N) is 2. The summed E-state index contributed by atoms with van der Waals surface area (Å²) >= 11 is 0. The van der Waals surface area contributed by atoms with E-state index in [0.29, 0.717) is 26.2 Å². The molecule has 0 atom stereocenters. The summed E-state index contributed by atoms with van der Waals surface area (Å²) in [5.41, 5.74) is -0.0773. The topological polar surface area (TPSA) is 103 Å². The standard InChI is InChI=1S/C16H21FN2O6/c1-3-24-8-4-7-18-16(22)19-14(20)10-25-15(21)11-5-6-13(23-2)12(17)9-11/h5-6,9H,3-4,7-8,10H2,1-2H3,(H2,18,19,20,22). The van der Waals surface area contributed by atoms with Gasteiger partial charge < -0.3 is 19.5 Å². The smallest absolute Gasteiger partial charge is 0.338 e. The Bertz CT molecular complexity index is 608. The molecule has 1 rings (SSSR count). The normalized spacial score (nSPS) is 10.0. The van der Waals surface area contributed by atoms with Crippen LogP contribution >= 0.6 is 0 Å². The largest absolute Gasteiger partial charge is 0.494 e. The van der Waals surface area contributed by atoms with Gasteiger partial charge in [0.2, 0.25) is 0 Å². The third kappa shape index (κ3) is 7.62. The number of carbonyl (C=O) groups is 3. The van der Waals surface area contributed by atoms with Crippen LogP contribution in [0.2, 0.25) is 0 Å². The molecule has 0 aliphatic rings. The third-order valence-electron chi connectivity index (χ3n) is 2.93. The molecule has 9 heteroatoms. The second kappa shape index (κ2) is 11.0. The van der Waals surface area contributed by atoms with Crippen LogP contribution in [-0.2, 0) is 14.3 Å². The second-order valence-electron chi connectivity index (χ2n) is 4.78. The average molecular weight is 356 g/mol. The molecular formula is C16H21FN2O6. The van der Waals surface area contributed by atoms with E-state index in [1.165, 1.54) is 19.2 Å². The summed E-state index contributed by atoms with van der Waals surface area (Å²) in [5.74, 6) is -2.44. The molecule has 1 aromatic carbocycles. The van der Waals surface area contributed by atoms with Crippen molar-refractivity contribution >= 4 is 17.9 Å². The first kappa shape index (κ1) is 20.4. The Morgan fingerprint density at radius 3 is 2.64 bits per heavy atom. The number of ether oxygens (including phenoxy) is 3. The predicted octanol–water partition coefficient (Wildman–Crippen LogP) is 1.24. The highest BCUT2D eigenvalue weighted by molar-refractivity contribution is 5.97. The molecule has 0 saturated heterocycles. The van der Waals surface area contributed by atoms with E-state index in [1.807, 2.05) is 12.2 Å². The Balaban J connectivity index is 2.32. The molecule has 8 nitrogen and oxygen atoms in total.